The van der Waals surface area contributed by atoms with Crippen LogP contribution in [0.4, 0.5) is 0 Å². The van der Waals surface area contributed by atoms with Gasteiger partial charge in [0.1, 0.15) is 0 Å². The van der Waals surface area contributed by atoms with Crippen LogP contribution in [0.15, 0.2) is 0 Å². The van der Waals surface area contributed by atoms with Gasteiger partial charge in [-0.3, -0.25) is 4.79 Å². The Kier molecular flexibility index (Phi) is 7.11. The van der Waals surface area contributed by atoms with Gasteiger partial charge in [-0.05, 0) is 6.92 Å². The first kappa shape index (κ1) is 14.4. The van der Waals surface area contributed by atoms with Gasteiger partial charge in [0.15, 0.2) is 0 Å². The molecule has 0 bridgehead atoms. The highest BCUT2D eigenvalue weighted by Gasteiger charge is 2.18. The lowest BCUT2D eigenvalue weighted by Crippen LogP contribution is -2.51. The molecule has 2 aliphatic heterocycles. The van der Waals surface area contributed by atoms with Crippen LogP contribution in [0.25, 0.3) is 0 Å². The molecule has 0 aromatic rings. The number of nitrogens with one attached hydrogen (secondary N) is 3. The molecule has 0 saturated carbocycles. The number of carbonyl (C=O) groups excluding carboxylic acids is 1. The SMILES string of the molecule is C1CNCCN1.CC(N)C(=O)N1CCNCC1. The Morgan fingerprint density at radius 1 is 1.00 bits per heavy atom. The largest absolute Gasteiger partial charge is 0.339 e. The van der Waals surface area contributed by atoms with Gasteiger partial charge in [0.2, 0.25) is 5.91 Å². The van der Waals surface area contributed by atoms with Crippen LogP contribution in [0.5, 0.6) is 0 Å². The summed E-state index contributed by atoms with van der Waals surface area (Å²) in [7, 11) is 0. The number of nitrogens with two attached hydrogens (primary N) is 1. The smallest absolute Gasteiger partial charge is 0.239 e. The van der Waals surface area contributed by atoms with Crippen molar-refractivity contribution in [2.24, 2.45) is 5.73 Å². The molecule has 1 atom stereocenters. The second kappa shape index (κ2) is 8.41. The summed E-state index contributed by atoms with van der Waals surface area (Å²) in [5.74, 6) is 0.0616. The third-order valence-electron chi connectivity index (χ3n) is 2.78. The number of rotatable bonds is 1. The zero-order valence-electron chi connectivity index (χ0n) is 10.7. The first-order chi connectivity index (χ1) is 8.22. The van der Waals surface area contributed by atoms with Gasteiger partial charge in [0, 0.05) is 52.4 Å². The van der Waals surface area contributed by atoms with Crippen molar-refractivity contribution in [1.29, 1.82) is 0 Å². The Bertz CT molecular complexity index is 200. The van der Waals surface area contributed by atoms with Gasteiger partial charge >= 0.3 is 0 Å². The molecule has 17 heavy (non-hydrogen) atoms. The highest BCUT2D eigenvalue weighted by molar-refractivity contribution is 5.81. The normalized spacial score (nSPS) is 22.4. The van der Waals surface area contributed by atoms with E-state index < -0.39 is 0 Å². The molecule has 2 aliphatic rings. The Hall–Kier alpha value is -0.690. The summed E-state index contributed by atoms with van der Waals surface area (Å²) < 4.78 is 0. The summed E-state index contributed by atoms with van der Waals surface area (Å²) >= 11 is 0. The summed E-state index contributed by atoms with van der Waals surface area (Å²) in [6, 6.07) is -0.354. The lowest BCUT2D eigenvalue weighted by atomic mass is 10.2. The van der Waals surface area contributed by atoms with Gasteiger partial charge < -0.3 is 26.6 Å². The van der Waals surface area contributed by atoms with Crippen molar-refractivity contribution in [3.63, 3.8) is 0 Å². The molecule has 2 rings (SSSR count). The van der Waals surface area contributed by atoms with E-state index in [2.05, 4.69) is 16.0 Å². The molecule has 0 aromatic carbocycles. The van der Waals surface area contributed by atoms with Crippen LogP contribution >= 0.6 is 0 Å². The van der Waals surface area contributed by atoms with Crippen molar-refractivity contribution in [3.05, 3.63) is 0 Å². The third kappa shape index (κ3) is 5.97. The predicted molar refractivity (Wildman–Crippen MR) is 68.8 cm³/mol. The predicted octanol–water partition coefficient (Wildman–Crippen LogP) is -2.06. The fraction of sp³-hybridized carbons (Fsp3) is 0.909. The first-order valence-electron chi connectivity index (χ1n) is 6.38. The van der Waals surface area contributed by atoms with E-state index in [1.165, 1.54) is 0 Å². The average Bonchev–Trinajstić information content (AvgIpc) is 2.41. The van der Waals surface area contributed by atoms with Crippen LogP contribution in [-0.2, 0) is 4.79 Å². The fourth-order valence-corrected chi connectivity index (χ4v) is 1.78. The Labute approximate surface area is 103 Å². The lowest BCUT2D eigenvalue weighted by Gasteiger charge is -2.28. The molecule has 0 aromatic heterocycles. The quantitative estimate of drug-likeness (QED) is 0.426. The van der Waals surface area contributed by atoms with Gasteiger partial charge in [-0.25, -0.2) is 0 Å². The number of nitrogens with zero attached hydrogens (tertiary/aromatic N) is 1. The minimum Gasteiger partial charge on any atom is -0.339 e. The van der Waals surface area contributed by atoms with E-state index in [1.807, 2.05) is 0 Å². The molecule has 0 spiro atoms. The third-order valence-corrected chi connectivity index (χ3v) is 2.78. The number of hydrogen-bond acceptors (Lipinski definition) is 5. The molecule has 6 heteroatoms. The summed E-state index contributed by atoms with van der Waals surface area (Å²) in [4.78, 5) is 13.1. The highest BCUT2D eigenvalue weighted by atomic mass is 16.2. The minimum atomic E-state index is -0.354. The highest BCUT2D eigenvalue weighted by Crippen LogP contribution is 1.94. The van der Waals surface area contributed by atoms with Gasteiger partial charge in [-0.15, -0.1) is 0 Å². The van der Waals surface area contributed by atoms with Gasteiger partial charge in [0.25, 0.3) is 0 Å². The maximum Gasteiger partial charge on any atom is 0.239 e. The van der Waals surface area contributed by atoms with E-state index in [9.17, 15) is 4.79 Å². The molecule has 100 valence electrons. The van der Waals surface area contributed by atoms with Crippen LogP contribution in [0.2, 0.25) is 0 Å². The van der Waals surface area contributed by atoms with E-state index in [0.717, 1.165) is 52.4 Å². The van der Waals surface area contributed by atoms with Crippen molar-refractivity contribution < 1.29 is 4.79 Å². The molecule has 5 N–H and O–H groups in total. The molecule has 2 fully saturated rings. The Morgan fingerprint density at radius 2 is 1.41 bits per heavy atom. The molecular formula is C11H25N5O. The van der Waals surface area contributed by atoms with Crippen LogP contribution in [0.3, 0.4) is 0 Å². The van der Waals surface area contributed by atoms with Gasteiger partial charge in [-0.1, -0.05) is 0 Å². The number of carbonyl (C=O) groups is 1. The molecule has 0 radical (unpaired) electrons. The maximum absolute atomic E-state index is 11.3. The maximum atomic E-state index is 11.3. The van der Waals surface area contributed by atoms with Crippen molar-refractivity contribution in [2.75, 3.05) is 52.4 Å². The van der Waals surface area contributed by atoms with Crippen molar-refractivity contribution in [1.82, 2.24) is 20.9 Å². The zero-order chi connectivity index (χ0) is 12.5. The standard InChI is InChI=1S/C7H15N3O.C4H10N2/c1-6(8)7(11)10-4-2-9-3-5-10;1-2-6-4-3-5-1/h6,9H,2-5,8H2,1H3;5-6H,1-4H2. The molecule has 2 saturated heterocycles. The average molecular weight is 243 g/mol. The number of amides is 1. The minimum absolute atomic E-state index is 0.0616. The van der Waals surface area contributed by atoms with E-state index in [0.29, 0.717) is 0 Å². The van der Waals surface area contributed by atoms with Crippen LogP contribution < -0.4 is 21.7 Å². The zero-order valence-corrected chi connectivity index (χ0v) is 10.7. The Balaban J connectivity index is 0.000000202. The first-order valence-corrected chi connectivity index (χ1v) is 6.38. The topological polar surface area (TPSA) is 82.4 Å². The van der Waals surface area contributed by atoms with Crippen LogP contribution in [-0.4, -0.2) is 69.2 Å². The molecular weight excluding hydrogens is 218 g/mol. The molecule has 1 unspecified atom stereocenters. The molecule has 1 amide bonds. The van der Waals surface area contributed by atoms with E-state index in [-0.39, 0.29) is 11.9 Å². The second-order valence-corrected chi connectivity index (χ2v) is 4.36. The van der Waals surface area contributed by atoms with E-state index >= 15 is 0 Å². The van der Waals surface area contributed by atoms with Gasteiger partial charge in [-0.2, -0.15) is 0 Å². The number of hydrogen-bond donors (Lipinski definition) is 4. The summed E-state index contributed by atoms with van der Waals surface area (Å²) in [5.41, 5.74) is 5.46. The van der Waals surface area contributed by atoms with Crippen LogP contribution in [0.1, 0.15) is 6.92 Å². The monoisotopic (exact) mass is 243 g/mol. The van der Waals surface area contributed by atoms with Crippen molar-refractivity contribution in [3.8, 4) is 0 Å². The van der Waals surface area contributed by atoms with Gasteiger partial charge in [0.05, 0.1) is 6.04 Å². The molecule has 2 heterocycles. The summed E-state index contributed by atoms with van der Waals surface area (Å²) in [6.07, 6.45) is 0. The van der Waals surface area contributed by atoms with E-state index in [1.54, 1.807) is 11.8 Å². The van der Waals surface area contributed by atoms with Crippen molar-refractivity contribution in [2.45, 2.75) is 13.0 Å². The van der Waals surface area contributed by atoms with Crippen molar-refractivity contribution >= 4 is 5.91 Å². The molecule has 0 aliphatic carbocycles. The fourth-order valence-electron chi connectivity index (χ4n) is 1.78. The van der Waals surface area contributed by atoms with E-state index in [4.69, 9.17) is 5.73 Å². The second-order valence-electron chi connectivity index (χ2n) is 4.36. The summed E-state index contributed by atoms with van der Waals surface area (Å²) in [6.45, 7) is 9.64. The summed E-state index contributed by atoms with van der Waals surface area (Å²) in [5, 5.41) is 9.62. The van der Waals surface area contributed by atoms with Crippen LogP contribution in [0, 0.1) is 0 Å². The molecule has 6 nitrogen and oxygen atoms in total. The lowest BCUT2D eigenvalue weighted by molar-refractivity contribution is -0.132. The number of piperazine rings is 2. The Morgan fingerprint density at radius 3 is 1.76 bits per heavy atom.